The zero-order valence-corrected chi connectivity index (χ0v) is 20.3. The van der Waals surface area contributed by atoms with Crippen molar-refractivity contribution in [3.8, 4) is 21.9 Å². The number of thiophene rings is 1. The van der Waals surface area contributed by atoms with E-state index in [1.807, 2.05) is 0 Å². The number of carbonyl (C=O) groups is 1. The van der Waals surface area contributed by atoms with E-state index in [1.54, 1.807) is 26.0 Å². The Bertz CT molecular complexity index is 1440. The summed E-state index contributed by atoms with van der Waals surface area (Å²) in [5.74, 6) is -0.701. The third kappa shape index (κ3) is 4.59. The van der Waals surface area contributed by atoms with Gasteiger partial charge in [-0.2, -0.15) is 0 Å². The fraction of sp³-hybridized carbons (Fsp3) is 0.280. The first-order valence-corrected chi connectivity index (χ1v) is 12.3. The minimum Gasteiger partial charge on any atom is -0.420 e. The SMILES string of the molecule is CCC(O)c1cc(F)c(-c2cc(C(N)=O)c(Nc3ccc(-c4nnc(C5CC5)o4)c(C)n3)s2)c(F)c1. The number of pyridine rings is 1. The molecule has 1 saturated carbocycles. The van der Waals surface area contributed by atoms with Crippen molar-refractivity contribution in [1.82, 2.24) is 15.2 Å². The van der Waals surface area contributed by atoms with E-state index >= 15 is 0 Å². The van der Waals surface area contributed by atoms with Crippen molar-refractivity contribution >= 4 is 28.1 Å². The molecular formula is C25H23F2N5O3S. The number of anilines is 2. The lowest BCUT2D eigenvalue weighted by atomic mass is 10.0. The number of aliphatic hydroxyl groups is 1. The molecule has 8 nitrogen and oxygen atoms in total. The summed E-state index contributed by atoms with van der Waals surface area (Å²) < 4.78 is 35.5. The Labute approximate surface area is 209 Å². The molecule has 0 bridgehead atoms. The predicted octanol–water partition coefficient (Wildman–Crippen LogP) is 5.61. The number of nitrogens with two attached hydrogens (primary N) is 1. The number of hydrogen-bond acceptors (Lipinski definition) is 8. The molecule has 1 unspecified atom stereocenters. The van der Waals surface area contributed by atoms with Crippen molar-refractivity contribution in [2.45, 2.75) is 45.1 Å². The lowest BCUT2D eigenvalue weighted by Gasteiger charge is -2.11. The number of carbonyl (C=O) groups excluding carboxylic acids is 1. The zero-order chi connectivity index (χ0) is 25.6. The van der Waals surface area contributed by atoms with Gasteiger partial charge in [0.2, 0.25) is 11.8 Å². The van der Waals surface area contributed by atoms with E-state index in [0.29, 0.717) is 46.2 Å². The molecule has 0 radical (unpaired) electrons. The number of aliphatic hydroxyl groups excluding tert-OH is 1. The van der Waals surface area contributed by atoms with E-state index in [0.717, 1.165) is 36.3 Å². The number of aryl methyl sites for hydroxylation is 1. The van der Waals surface area contributed by atoms with Crippen LogP contribution >= 0.6 is 11.3 Å². The Morgan fingerprint density at radius 2 is 1.97 bits per heavy atom. The molecule has 1 aliphatic carbocycles. The van der Waals surface area contributed by atoms with E-state index in [2.05, 4.69) is 20.5 Å². The van der Waals surface area contributed by atoms with Gasteiger partial charge in [-0.3, -0.25) is 4.79 Å². The monoisotopic (exact) mass is 511 g/mol. The van der Waals surface area contributed by atoms with Crippen LogP contribution in [-0.4, -0.2) is 26.2 Å². The van der Waals surface area contributed by atoms with E-state index in [4.69, 9.17) is 10.2 Å². The number of amides is 1. The van der Waals surface area contributed by atoms with Crippen LogP contribution in [0.15, 0.2) is 34.7 Å². The van der Waals surface area contributed by atoms with Gasteiger partial charge in [-0.05, 0) is 62.1 Å². The lowest BCUT2D eigenvalue weighted by molar-refractivity contribution is 0.100. The summed E-state index contributed by atoms with van der Waals surface area (Å²) in [6.07, 6.45) is 1.43. The second-order valence-corrected chi connectivity index (χ2v) is 9.73. The Morgan fingerprint density at radius 3 is 2.58 bits per heavy atom. The average molecular weight is 512 g/mol. The standard InChI is InChI=1S/C25H23F2N5O3S/c1-3-18(33)13-8-16(26)21(17(27)9-13)19-10-15(22(28)34)25(36-19)30-20-7-6-14(11(2)29-20)24-32-31-23(35-24)12-4-5-12/h6-10,12,18,33H,3-5H2,1-2H3,(H2,28,34)(H,29,30). The molecule has 4 N–H and O–H groups in total. The molecule has 1 amide bonds. The smallest absolute Gasteiger partial charge is 0.251 e. The van der Waals surface area contributed by atoms with Crippen LogP contribution in [0.3, 0.4) is 0 Å². The molecule has 11 heteroatoms. The predicted molar refractivity (Wildman–Crippen MR) is 131 cm³/mol. The van der Waals surface area contributed by atoms with Crippen LogP contribution in [-0.2, 0) is 0 Å². The summed E-state index contributed by atoms with van der Waals surface area (Å²) in [5.41, 5.74) is 6.75. The van der Waals surface area contributed by atoms with Gasteiger partial charge < -0.3 is 20.6 Å². The lowest BCUT2D eigenvalue weighted by Crippen LogP contribution is -2.11. The van der Waals surface area contributed by atoms with Gasteiger partial charge in [-0.15, -0.1) is 21.5 Å². The van der Waals surface area contributed by atoms with Crippen molar-refractivity contribution < 1.29 is 23.1 Å². The second-order valence-electron chi connectivity index (χ2n) is 8.68. The van der Waals surface area contributed by atoms with Crippen molar-refractivity contribution in [3.63, 3.8) is 0 Å². The number of nitrogens with one attached hydrogen (secondary N) is 1. The molecule has 1 aliphatic rings. The largest absolute Gasteiger partial charge is 0.420 e. The van der Waals surface area contributed by atoms with Crippen molar-refractivity contribution in [2.75, 3.05) is 5.32 Å². The Balaban J connectivity index is 1.45. The van der Waals surface area contributed by atoms with E-state index in [1.165, 1.54) is 6.07 Å². The number of rotatable bonds is 8. The van der Waals surface area contributed by atoms with E-state index in [-0.39, 0.29) is 21.6 Å². The van der Waals surface area contributed by atoms with Crippen molar-refractivity contribution in [1.29, 1.82) is 0 Å². The maximum Gasteiger partial charge on any atom is 0.251 e. The molecule has 1 aromatic carbocycles. The number of halogens is 2. The summed E-state index contributed by atoms with van der Waals surface area (Å²) in [6.45, 7) is 3.49. The first kappa shape index (κ1) is 24.0. The van der Waals surface area contributed by atoms with Gasteiger partial charge >= 0.3 is 0 Å². The van der Waals surface area contributed by atoms with Crippen LogP contribution in [0.5, 0.6) is 0 Å². The number of hydrogen-bond donors (Lipinski definition) is 3. The summed E-state index contributed by atoms with van der Waals surface area (Å²) in [5, 5.41) is 21.5. The first-order valence-electron chi connectivity index (χ1n) is 11.4. The third-order valence-electron chi connectivity index (χ3n) is 6.00. The Hall–Kier alpha value is -3.70. The van der Waals surface area contributed by atoms with Crippen LogP contribution in [0.1, 0.15) is 65.7 Å². The molecule has 0 aliphatic heterocycles. The van der Waals surface area contributed by atoms with Gasteiger partial charge in [-0.25, -0.2) is 13.8 Å². The van der Waals surface area contributed by atoms with Crippen LogP contribution in [0.4, 0.5) is 19.6 Å². The topological polar surface area (TPSA) is 127 Å². The third-order valence-corrected chi connectivity index (χ3v) is 7.07. The quantitative estimate of drug-likeness (QED) is 0.281. The molecule has 1 atom stereocenters. The highest BCUT2D eigenvalue weighted by Gasteiger charge is 2.30. The molecule has 0 spiro atoms. The van der Waals surface area contributed by atoms with Gasteiger partial charge in [0.25, 0.3) is 5.91 Å². The highest BCUT2D eigenvalue weighted by molar-refractivity contribution is 7.20. The summed E-state index contributed by atoms with van der Waals surface area (Å²) in [4.78, 5) is 16.8. The minimum atomic E-state index is -0.977. The number of benzene rings is 1. The molecule has 5 rings (SSSR count). The minimum absolute atomic E-state index is 0.0703. The van der Waals surface area contributed by atoms with Crippen molar-refractivity contribution in [3.05, 3.63) is 64.7 Å². The van der Waals surface area contributed by atoms with Gasteiger partial charge in [0.05, 0.1) is 28.5 Å². The Kier molecular flexibility index (Phi) is 6.27. The molecule has 4 aromatic rings. The maximum absolute atomic E-state index is 14.9. The molecule has 3 aromatic heterocycles. The fourth-order valence-corrected chi connectivity index (χ4v) is 4.98. The molecule has 36 heavy (non-hydrogen) atoms. The van der Waals surface area contributed by atoms with E-state index in [9.17, 15) is 18.7 Å². The highest BCUT2D eigenvalue weighted by atomic mass is 32.1. The van der Waals surface area contributed by atoms with Crippen LogP contribution in [0, 0.1) is 18.6 Å². The molecule has 3 heterocycles. The average Bonchev–Trinajstić information content (AvgIpc) is 3.42. The first-order chi connectivity index (χ1) is 17.2. The summed E-state index contributed by atoms with van der Waals surface area (Å²) >= 11 is 0.969. The van der Waals surface area contributed by atoms with Crippen LogP contribution in [0.25, 0.3) is 21.9 Å². The van der Waals surface area contributed by atoms with Crippen molar-refractivity contribution in [2.24, 2.45) is 5.73 Å². The molecule has 186 valence electrons. The van der Waals surface area contributed by atoms with Crippen LogP contribution < -0.4 is 11.1 Å². The molecular weight excluding hydrogens is 488 g/mol. The number of aromatic nitrogens is 3. The second kappa shape index (κ2) is 9.40. The normalized spacial score (nSPS) is 14.1. The fourth-order valence-electron chi connectivity index (χ4n) is 3.86. The molecule has 0 saturated heterocycles. The van der Waals surface area contributed by atoms with Gasteiger partial charge in [0.1, 0.15) is 22.5 Å². The Morgan fingerprint density at radius 1 is 1.25 bits per heavy atom. The zero-order valence-electron chi connectivity index (χ0n) is 19.5. The number of primary amides is 1. The van der Waals surface area contributed by atoms with Gasteiger partial charge in [0.15, 0.2) is 0 Å². The van der Waals surface area contributed by atoms with Gasteiger partial charge in [-0.1, -0.05) is 6.92 Å². The molecule has 1 fully saturated rings. The summed E-state index contributed by atoms with van der Waals surface area (Å²) in [6, 6.07) is 6.98. The highest BCUT2D eigenvalue weighted by Crippen LogP contribution is 2.41. The van der Waals surface area contributed by atoms with Crippen LogP contribution in [0.2, 0.25) is 0 Å². The maximum atomic E-state index is 14.9. The van der Waals surface area contributed by atoms with E-state index < -0.39 is 23.6 Å². The van der Waals surface area contributed by atoms with Gasteiger partial charge in [0, 0.05) is 10.8 Å². The summed E-state index contributed by atoms with van der Waals surface area (Å²) in [7, 11) is 0. The number of nitrogens with zero attached hydrogens (tertiary/aromatic N) is 3.